The van der Waals surface area contributed by atoms with Gasteiger partial charge in [-0.15, -0.1) is 0 Å². The zero-order valence-corrected chi connectivity index (χ0v) is 25.1. The monoisotopic (exact) mass is 576 g/mol. The summed E-state index contributed by atoms with van der Waals surface area (Å²) in [6.45, 7) is 5.22. The van der Waals surface area contributed by atoms with E-state index in [1.807, 2.05) is 0 Å². The molecule has 1 aromatic heterocycles. The molecule has 39 heavy (non-hydrogen) atoms. The van der Waals surface area contributed by atoms with Gasteiger partial charge in [-0.25, -0.2) is 4.79 Å². The second kappa shape index (κ2) is 22.4. The number of aromatic amines is 1. The molecule has 0 spiro atoms. The van der Waals surface area contributed by atoms with E-state index < -0.39 is 37.9 Å². The number of rotatable bonds is 26. The molecule has 228 valence electrons. The van der Waals surface area contributed by atoms with Crippen LogP contribution in [-0.4, -0.2) is 58.4 Å². The highest BCUT2D eigenvalue weighted by Crippen LogP contribution is 2.42. The van der Waals surface area contributed by atoms with E-state index in [4.69, 9.17) is 14.0 Å². The van der Waals surface area contributed by atoms with Crippen molar-refractivity contribution in [2.75, 3.05) is 32.8 Å². The van der Waals surface area contributed by atoms with Crippen molar-refractivity contribution in [2.45, 2.75) is 116 Å². The smallest absolute Gasteiger partial charge is 0.353 e. The molecule has 2 atom stereocenters. The lowest BCUT2D eigenvalue weighted by Gasteiger charge is -2.19. The van der Waals surface area contributed by atoms with E-state index in [-0.39, 0.29) is 13.2 Å². The van der Waals surface area contributed by atoms with Crippen LogP contribution in [0.25, 0.3) is 0 Å². The van der Waals surface area contributed by atoms with Crippen LogP contribution in [0.4, 0.5) is 0 Å². The van der Waals surface area contributed by atoms with E-state index in [1.165, 1.54) is 76.8 Å². The number of aliphatic hydroxyl groups excluding tert-OH is 1. The zero-order chi connectivity index (χ0) is 28.8. The Labute approximate surface area is 234 Å². The van der Waals surface area contributed by atoms with Gasteiger partial charge in [-0.1, -0.05) is 90.9 Å². The summed E-state index contributed by atoms with van der Waals surface area (Å²) >= 11 is 0. The van der Waals surface area contributed by atoms with Crippen molar-refractivity contribution in [3.63, 3.8) is 0 Å². The van der Waals surface area contributed by atoms with Gasteiger partial charge in [0.15, 0.2) is 0 Å². The standard InChI is InChI=1S/C28H53N2O8P/c1-25(2)16-13-11-9-7-5-3-4-6-8-10-12-14-19-36-20-15-21-38-39(34,35)24-37-26(23-31)22-30-18-17-27(32)29-28(30)33/h17-18,25-26,31H,3-16,19-24H2,1-2H3,(H,34,35)(H,29,32,33)/t26-/m0/s1. The number of nitrogens with one attached hydrogen (secondary N) is 1. The minimum atomic E-state index is -4.01. The Balaban J connectivity index is 1.93. The average molecular weight is 577 g/mol. The molecule has 0 aliphatic carbocycles. The number of hydrogen-bond acceptors (Lipinski definition) is 7. The van der Waals surface area contributed by atoms with Gasteiger partial charge in [0.05, 0.1) is 25.9 Å². The number of ether oxygens (including phenoxy) is 2. The number of nitrogens with zero attached hydrogens (tertiary/aromatic N) is 1. The lowest BCUT2D eigenvalue weighted by Crippen LogP contribution is -2.34. The summed E-state index contributed by atoms with van der Waals surface area (Å²) in [6, 6.07) is 1.16. The predicted molar refractivity (Wildman–Crippen MR) is 154 cm³/mol. The third kappa shape index (κ3) is 20.3. The molecule has 0 saturated heterocycles. The van der Waals surface area contributed by atoms with Crippen molar-refractivity contribution < 1.29 is 28.6 Å². The molecule has 0 fully saturated rings. The first-order chi connectivity index (χ1) is 18.7. The van der Waals surface area contributed by atoms with Crippen LogP contribution in [0.2, 0.25) is 0 Å². The normalized spacial score (nSPS) is 14.1. The van der Waals surface area contributed by atoms with Gasteiger partial charge in [0.2, 0.25) is 0 Å². The molecule has 11 heteroatoms. The number of unbranched alkanes of at least 4 members (excludes halogenated alkanes) is 11. The van der Waals surface area contributed by atoms with Gasteiger partial charge in [0, 0.05) is 25.5 Å². The summed E-state index contributed by atoms with van der Waals surface area (Å²) in [5, 5.41) is 9.44. The van der Waals surface area contributed by atoms with Gasteiger partial charge in [-0.2, -0.15) is 0 Å². The Kier molecular flexibility index (Phi) is 20.5. The first-order valence-electron chi connectivity index (χ1n) is 14.8. The van der Waals surface area contributed by atoms with Crippen LogP contribution in [-0.2, 0) is 25.1 Å². The number of aliphatic hydroxyl groups is 1. The maximum Gasteiger partial charge on any atom is 0.353 e. The molecule has 1 aromatic rings. The van der Waals surface area contributed by atoms with Crippen LogP contribution >= 0.6 is 7.60 Å². The second-order valence-electron chi connectivity index (χ2n) is 10.7. The summed E-state index contributed by atoms with van der Waals surface area (Å²) in [5.41, 5.74) is -1.19. The van der Waals surface area contributed by atoms with E-state index in [0.717, 1.165) is 29.4 Å². The maximum atomic E-state index is 12.2. The molecule has 0 aliphatic rings. The molecule has 0 saturated carbocycles. The fraction of sp³-hybridized carbons (Fsp3) is 0.857. The highest BCUT2D eigenvalue weighted by Gasteiger charge is 2.22. The highest BCUT2D eigenvalue weighted by molar-refractivity contribution is 7.52. The second-order valence-corrected chi connectivity index (χ2v) is 12.5. The van der Waals surface area contributed by atoms with Gasteiger partial charge < -0.3 is 24.0 Å². The number of H-pyrrole nitrogens is 1. The molecule has 1 heterocycles. The molecule has 0 bridgehead atoms. The van der Waals surface area contributed by atoms with Gasteiger partial charge >= 0.3 is 13.3 Å². The Morgan fingerprint density at radius 3 is 2.00 bits per heavy atom. The zero-order valence-electron chi connectivity index (χ0n) is 24.2. The van der Waals surface area contributed by atoms with Crippen molar-refractivity contribution in [2.24, 2.45) is 5.92 Å². The molecule has 10 nitrogen and oxygen atoms in total. The molecule has 1 rings (SSSR count). The average Bonchev–Trinajstić information content (AvgIpc) is 2.88. The van der Waals surface area contributed by atoms with Gasteiger partial charge in [-0.05, 0) is 18.8 Å². The largest absolute Gasteiger partial charge is 0.394 e. The van der Waals surface area contributed by atoms with Crippen molar-refractivity contribution in [1.82, 2.24) is 9.55 Å². The van der Waals surface area contributed by atoms with Crippen LogP contribution in [0.5, 0.6) is 0 Å². The molecule has 1 unspecified atom stereocenters. The molecular weight excluding hydrogens is 523 g/mol. The Morgan fingerprint density at radius 1 is 0.872 bits per heavy atom. The van der Waals surface area contributed by atoms with Gasteiger partial charge in [-0.3, -0.25) is 18.9 Å². The van der Waals surface area contributed by atoms with Gasteiger partial charge in [0.1, 0.15) is 6.35 Å². The van der Waals surface area contributed by atoms with Crippen molar-refractivity contribution >= 4 is 7.60 Å². The summed E-state index contributed by atoms with van der Waals surface area (Å²) in [5.74, 6) is 0.837. The van der Waals surface area contributed by atoms with E-state index in [0.29, 0.717) is 19.6 Å². The fourth-order valence-electron chi connectivity index (χ4n) is 4.20. The first kappa shape index (κ1) is 35.7. The number of aromatic nitrogens is 2. The highest BCUT2D eigenvalue weighted by atomic mass is 31.2. The summed E-state index contributed by atoms with van der Waals surface area (Å²) in [4.78, 5) is 34.9. The minimum Gasteiger partial charge on any atom is -0.394 e. The lowest BCUT2D eigenvalue weighted by molar-refractivity contribution is 0.0162. The Hall–Kier alpha value is -1.29. The molecule has 3 N–H and O–H groups in total. The van der Waals surface area contributed by atoms with Crippen LogP contribution in [0, 0.1) is 5.92 Å². The van der Waals surface area contributed by atoms with Crippen molar-refractivity contribution in [1.29, 1.82) is 0 Å². The van der Waals surface area contributed by atoms with Crippen LogP contribution in [0.15, 0.2) is 21.9 Å². The topological polar surface area (TPSA) is 140 Å². The summed E-state index contributed by atoms with van der Waals surface area (Å²) < 4.78 is 29.2. The Bertz CT molecular complexity index is 889. The SMILES string of the molecule is CC(C)CCCCCCCCCCCCCCOCCCOP(=O)(O)CO[C@H](CO)Cn1ccc(=O)[nH]c1=O. The molecule has 0 radical (unpaired) electrons. The predicted octanol–water partition coefficient (Wildman–Crippen LogP) is 5.21. The molecule has 0 aliphatic heterocycles. The first-order valence-corrected chi connectivity index (χ1v) is 16.6. The van der Waals surface area contributed by atoms with Crippen molar-refractivity contribution in [3.05, 3.63) is 33.1 Å². The minimum absolute atomic E-state index is 0.0538. The van der Waals surface area contributed by atoms with Crippen LogP contribution in [0.3, 0.4) is 0 Å². The quantitative estimate of drug-likeness (QED) is 0.101. The lowest BCUT2D eigenvalue weighted by atomic mass is 10.0. The molecular formula is C28H53N2O8P. The number of hydrogen-bond donors (Lipinski definition) is 3. The third-order valence-corrected chi connectivity index (χ3v) is 7.58. The van der Waals surface area contributed by atoms with E-state index in [2.05, 4.69) is 18.8 Å². The van der Waals surface area contributed by atoms with Crippen LogP contribution < -0.4 is 11.2 Å². The Morgan fingerprint density at radius 2 is 1.44 bits per heavy atom. The molecule has 0 aromatic carbocycles. The molecule has 0 amide bonds. The van der Waals surface area contributed by atoms with Gasteiger partial charge in [0.25, 0.3) is 5.56 Å². The van der Waals surface area contributed by atoms with E-state index in [9.17, 15) is 24.2 Å². The van der Waals surface area contributed by atoms with Crippen LogP contribution in [0.1, 0.15) is 104 Å². The summed E-state index contributed by atoms with van der Waals surface area (Å²) in [6.07, 6.45) is 17.3. The van der Waals surface area contributed by atoms with Crippen molar-refractivity contribution in [3.8, 4) is 0 Å². The summed E-state index contributed by atoms with van der Waals surface area (Å²) in [7, 11) is -4.01. The van der Waals surface area contributed by atoms with E-state index >= 15 is 0 Å². The fourth-order valence-corrected chi connectivity index (χ4v) is 5.09. The maximum absolute atomic E-state index is 12.2. The van der Waals surface area contributed by atoms with E-state index in [1.54, 1.807) is 0 Å². The third-order valence-electron chi connectivity index (χ3n) is 6.52.